The second-order valence-electron chi connectivity index (χ2n) is 7.26. The smallest absolute Gasteiger partial charge is 0.403 e. The zero-order chi connectivity index (χ0) is 23.7. The number of halogens is 6. The highest BCUT2D eigenvalue weighted by Crippen LogP contribution is 2.33. The Bertz CT molecular complexity index is 1120. The van der Waals surface area contributed by atoms with Gasteiger partial charge in [-0.25, -0.2) is 17.2 Å². The quantitative estimate of drug-likeness (QED) is 0.464. The Morgan fingerprint density at radius 3 is 2.22 bits per heavy atom. The van der Waals surface area contributed by atoms with Crippen molar-refractivity contribution in [1.82, 2.24) is 5.32 Å². The molecule has 1 fully saturated rings. The molecular formula is C20H17ClF5NO4S. The van der Waals surface area contributed by atoms with E-state index in [1.807, 2.05) is 0 Å². The van der Waals surface area contributed by atoms with Crippen LogP contribution in [-0.4, -0.2) is 32.0 Å². The Hall–Kier alpha value is -2.40. The monoisotopic (exact) mass is 497 g/mol. The molecule has 1 aliphatic carbocycles. The summed E-state index contributed by atoms with van der Waals surface area (Å²) in [5, 5.41) is 1.60. The van der Waals surface area contributed by atoms with Crippen molar-refractivity contribution in [3.63, 3.8) is 0 Å². The van der Waals surface area contributed by atoms with Gasteiger partial charge < -0.3 is 10.1 Å². The van der Waals surface area contributed by atoms with Crippen LogP contribution in [0.5, 0.6) is 5.75 Å². The predicted octanol–water partition coefficient (Wildman–Crippen LogP) is 5.03. The SMILES string of the molecule is O=C(NC1CCC(S(=O)(=O)c2ccc(F)c(OC(F)(F)F)c2)CC1)c1ccc(F)c(Cl)c1. The highest BCUT2D eigenvalue weighted by atomic mass is 35.5. The van der Waals surface area contributed by atoms with Crippen LogP contribution in [0.15, 0.2) is 41.3 Å². The third-order valence-electron chi connectivity index (χ3n) is 5.09. The van der Waals surface area contributed by atoms with Crippen molar-refractivity contribution in [1.29, 1.82) is 0 Å². The first-order valence-electron chi connectivity index (χ1n) is 9.42. The number of rotatable bonds is 5. The van der Waals surface area contributed by atoms with Gasteiger partial charge in [0.1, 0.15) is 5.82 Å². The Morgan fingerprint density at radius 2 is 1.62 bits per heavy atom. The van der Waals surface area contributed by atoms with Gasteiger partial charge in [-0.3, -0.25) is 4.79 Å². The third-order valence-corrected chi connectivity index (χ3v) is 7.64. The lowest BCUT2D eigenvalue weighted by Crippen LogP contribution is -2.40. The molecule has 2 aromatic rings. The number of ether oxygens (including phenoxy) is 1. The highest BCUT2D eigenvalue weighted by Gasteiger charge is 2.35. The van der Waals surface area contributed by atoms with Crippen molar-refractivity contribution in [2.24, 2.45) is 0 Å². The number of alkyl halides is 3. The third kappa shape index (κ3) is 5.69. The summed E-state index contributed by atoms with van der Waals surface area (Å²) in [7, 11) is -4.06. The Kier molecular flexibility index (Phi) is 6.99. The average Bonchev–Trinajstić information content (AvgIpc) is 2.71. The number of carbonyl (C=O) groups excluding carboxylic acids is 1. The molecule has 12 heteroatoms. The summed E-state index contributed by atoms with van der Waals surface area (Å²) < 4.78 is 93.3. The van der Waals surface area contributed by atoms with E-state index in [0.717, 1.165) is 12.1 Å². The normalized spacial score (nSPS) is 19.4. The molecule has 1 N–H and O–H groups in total. The van der Waals surface area contributed by atoms with Crippen molar-refractivity contribution in [3.8, 4) is 5.75 Å². The van der Waals surface area contributed by atoms with E-state index in [1.165, 1.54) is 12.1 Å². The molecule has 0 saturated heterocycles. The Balaban J connectivity index is 1.66. The van der Waals surface area contributed by atoms with Crippen LogP contribution in [0.25, 0.3) is 0 Å². The molecule has 0 bridgehead atoms. The van der Waals surface area contributed by atoms with Crippen LogP contribution in [0, 0.1) is 11.6 Å². The van der Waals surface area contributed by atoms with Gasteiger partial charge in [0.15, 0.2) is 21.4 Å². The molecule has 32 heavy (non-hydrogen) atoms. The minimum absolute atomic E-state index is 0.129. The van der Waals surface area contributed by atoms with Crippen LogP contribution in [0.1, 0.15) is 36.0 Å². The maximum absolute atomic E-state index is 13.6. The van der Waals surface area contributed by atoms with E-state index in [0.29, 0.717) is 12.1 Å². The number of amides is 1. The van der Waals surface area contributed by atoms with Crippen LogP contribution in [0.3, 0.4) is 0 Å². The van der Waals surface area contributed by atoms with Crippen molar-refractivity contribution in [3.05, 3.63) is 58.6 Å². The molecule has 0 atom stereocenters. The minimum Gasteiger partial charge on any atom is -0.403 e. The number of nitrogens with one attached hydrogen (secondary N) is 1. The fourth-order valence-electron chi connectivity index (χ4n) is 3.48. The molecule has 1 saturated carbocycles. The van der Waals surface area contributed by atoms with Gasteiger partial charge in [0.25, 0.3) is 5.91 Å². The fraction of sp³-hybridized carbons (Fsp3) is 0.350. The average molecular weight is 498 g/mol. The van der Waals surface area contributed by atoms with E-state index in [-0.39, 0.29) is 42.3 Å². The van der Waals surface area contributed by atoms with Crippen molar-refractivity contribution in [2.75, 3.05) is 0 Å². The fourth-order valence-corrected chi connectivity index (χ4v) is 5.47. The summed E-state index contributed by atoms with van der Waals surface area (Å²) in [5.74, 6) is -3.73. The summed E-state index contributed by atoms with van der Waals surface area (Å²) in [4.78, 5) is 11.8. The molecule has 2 aromatic carbocycles. The van der Waals surface area contributed by atoms with E-state index in [9.17, 15) is 35.2 Å². The molecule has 0 heterocycles. The number of benzene rings is 2. The lowest BCUT2D eigenvalue weighted by molar-refractivity contribution is -0.275. The molecule has 5 nitrogen and oxygen atoms in total. The van der Waals surface area contributed by atoms with Gasteiger partial charge >= 0.3 is 6.36 Å². The van der Waals surface area contributed by atoms with E-state index >= 15 is 0 Å². The minimum atomic E-state index is -5.17. The van der Waals surface area contributed by atoms with Gasteiger partial charge in [0, 0.05) is 17.7 Å². The van der Waals surface area contributed by atoms with E-state index in [1.54, 1.807) is 0 Å². The maximum atomic E-state index is 13.6. The van der Waals surface area contributed by atoms with Gasteiger partial charge in [-0.1, -0.05) is 11.6 Å². The second kappa shape index (κ2) is 9.22. The first-order valence-corrected chi connectivity index (χ1v) is 11.3. The molecule has 0 unspecified atom stereocenters. The molecule has 3 rings (SSSR count). The van der Waals surface area contributed by atoms with Crippen molar-refractivity contribution >= 4 is 27.3 Å². The van der Waals surface area contributed by atoms with Gasteiger partial charge in [-0.05, 0) is 56.0 Å². The summed E-state index contributed by atoms with van der Waals surface area (Å²) in [6.07, 6.45) is -4.34. The summed E-state index contributed by atoms with van der Waals surface area (Å²) >= 11 is 5.67. The molecule has 1 aliphatic rings. The molecule has 0 radical (unpaired) electrons. The van der Waals surface area contributed by atoms with Gasteiger partial charge in [0.05, 0.1) is 15.2 Å². The topological polar surface area (TPSA) is 72.5 Å². The molecule has 1 amide bonds. The molecule has 0 aromatic heterocycles. The standard InChI is InChI=1S/C20H17ClF5NO4S/c21-15-9-11(1-7-16(15)22)19(28)27-12-2-4-13(5-3-12)32(29,30)14-6-8-17(23)18(10-14)31-20(24,25)26/h1,6-10,12-13H,2-5H2,(H,27,28). The number of hydrogen-bond donors (Lipinski definition) is 1. The lowest BCUT2D eigenvalue weighted by Gasteiger charge is -2.29. The number of hydrogen-bond acceptors (Lipinski definition) is 4. The van der Waals surface area contributed by atoms with Crippen molar-refractivity contribution < 1.29 is 39.9 Å². The van der Waals surface area contributed by atoms with Crippen LogP contribution in [-0.2, 0) is 9.84 Å². The first-order chi connectivity index (χ1) is 14.9. The number of sulfone groups is 1. The molecule has 0 spiro atoms. The van der Waals surface area contributed by atoms with Crippen LogP contribution in [0.2, 0.25) is 5.02 Å². The summed E-state index contributed by atoms with van der Waals surface area (Å²) in [6, 6.07) is 5.16. The van der Waals surface area contributed by atoms with E-state index in [2.05, 4.69) is 10.1 Å². The van der Waals surface area contributed by atoms with E-state index in [4.69, 9.17) is 11.6 Å². The lowest BCUT2D eigenvalue weighted by atomic mass is 9.94. The zero-order valence-electron chi connectivity index (χ0n) is 16.3. The predicted molar refractivity (Wildman–Crippen MR) is 105 cm³/mol. The largest absolute Gasteiger partial charge is 0.573 e. The van der Waals surface area contributed by atoms with Gasteiger partial charge in [0.2, 0.25) is 0 Å². The van der Waals surface area contributed by atoms with Crippen LogP contribution < -0.4 is 10.1 Å². The van der Waals surface area contributed by atoms with Gasteiger partial charge in [-0.15, -0.1) is 13.2 Å². The first kappa shape index (κ1) is 24.2. The van der Waals surface area contributed by atoms with Crippen LogP contribution in [0.4, 0.5) is 22.0 Å². The van der Waals surface area contributed by atoms with Gasteiger partial charge in [-0.2, -0.15) is 0 Å². The van der Waals surface area contributed by atoms with E-state index < -0.39 is 49.6 Å². The zero-order valence-corrected chi connectivity index (χ0v) is 17.8. The number of carbonyl (C=O) groups is 1. The Morgan fingerprint density at radius 1 is 1.00 bits per heavy atom. The highest BCUT2D eigenvalue weighted by molar-refractivity contribution is 7.92. The molecular weight excluding hydrogens is 481 g/mol. The maximum Gasteiger partial charge on any atom is 0.573 e. The summed E-state index contributed by atoms with van der Waals surface area (Å²) in [5.41, 5.74) is 0.148. The van der Waals surface area contributed by atoms with Crippen LogP contribution >= 0.6 is 11.6 Å². The second-order valence-corrected chi connectivity index (χ2v) is 9.90. The summed E-state index contributed by atoms with van der Waals surface area (Å²) in [6.45, 7) is 0. The molecule has 0 aliphatic heterocycles. The Labute approximate surface area is 185 Å². The van der Waals surface area contributed by atoms with Crippen molar-refractivity contribution in [2.45, 2.75) is 48.2 Å². The molecule has 174 valence electrons.